The molecule has 2 saturated heterocycles. The Morgan fingerprint density at radius 1 is 1.30 bits per heavy atom. The molecule has 0 saturated carbocycles. The lowest BCUT2D eigenvalue weighted by Gasteiger charge is -2.48. The van der Waals surface area contributed by atoms with Crippen molar-refractivity contribution in [3.05, 3.63) is 36.0 Å². The van der Waals surface area contributed by atoms with E-state index in [4.69, 9.17) is 14.0 Å². The van der Waals surface area contributed by atoms with Crippen LogP contribution in [0.5, 0.6) is 5.75 Å². The lowest BCUT2D eigenvalue weighted by Crippen LogP contribution is -2.61. The van der Waals surface area contributed by atoms with Crippen LogP contribution >= 0.6 is 0 Å². The number of likely N-dealkylation sites (tertiary alicyclic amines) is 1. The number of amides is 1. The van der Waals surface area contributed by atoms with E-state index in [2.05, 4.69) is 10.1 Å². The summed E-state index contributed by atoms with van der Waals surface area (Å²) in [5, 5.41) is 3.87. The molecule has 1 amide bonds. The van der Waals surface area contributed by atoms with Crippen LogP contribution in [0.2, 0.25) is 0 Å². The minimum atomic E-state index is -3.69. The van der Waals surface area contributed by atoms with E-state index < -0.39 is 15.4 Å². The molecular formula is C19H24N4O6S. The van der Waals surface area contributed by atoms with Gasteiger partial charge in [-0.2, -0.15) is 9.29 Å². The average Bonchev–Trinajstić information content (AvgIpc) is 3.31. The highest BCUT2D eigenvalue weighted by Gasteiger charge is 2.60. The van der Waals surface area contributed by atoms with Gasteiger partial charge in [0.05, 0.1) is 17.9 Å². The van der Waals surface area contributed by atoms with Gasteiger partial charge in [0.1, 0.15) is 12.4 Å². The average molecular weight is 436 g/mol. The Morgan fingerprint density at radius 3 is 2.70 bits per heavy atom. The van der Waals surface area contributed by atoms with E-state index in [-0.39, 0.29) is 36.4 Å². The normalized spacial score (nSPS) is 21.0. The molecule has 4 rings (SSSR count). The number of rotatable bonds is 6. The van der Waals surface area contributed by atoms with Crippen molar-refractivity contribution < 1.29 is 27.2 Å². The van der Waals surface area contributed by atoms with Gasteiger partial charge in [-0.3, -0.25) is 4.79 Å². The zero-order valence-electron chi connectivity index (χ0n) is 17.1. The first-order chi connectivity index (χ1) is 14.3. The van der Waals surface area contributed by atoms with E-state index in [0.29, 0.717) is 30.6 Å². The van der Waals surface area contributed by atoms with Gasteiger partial charge in [-0.15, -0.1) is 0 Å². The van der Waals surface area contributed by atoms with Crippen LogP contribution in [0.4, 0.5) is 0 Å². The van der Waals surface area contributed by atoms with Gasteiger partial charge in [0.25, 0.3) is 0 Å². The number of methoxy groups -OCH3 is 2. The maximum Gasteiger partial charge on any atom is 0.248 e. The molecule has 10 nitrogen and oxygen atoms in total. The van der Waals surface area contributed by atoms with Crippen LogP contribution in [0.25, 0.3) is 0 Å². The third-order valence-corrected chi connectivity index (χ3v) is 7.56. The van der Waals surface area contributed by atoms with Crippen molar-refractivity contribution in [3.8, 4) is 5.75 Å². The van der Waals surface area contributed by atoms with E-state index in [1.165, 1.54) is 24.6 Å². The zero-order valence-corrected chi connectivity index (χ0v) is 17.9. The number of aryl methyl sites for hydroxylation is 1. The summed E-state index contributed by atoms with van der Waals surface area (Å²) in [6, 6.07) is 6.39. The van der Waals surface area contributed by atoms with Gasteiger partial charge in [-0.25, -0.2) is 8.42 Å². The van der Waals surface area contributed by atoms with E-state index in [9.17, 15) is 13.2 Å². The van der Waals surface area contributed by atoms with Crippen LogP contribution in [0.3, 0.4) is 0 Å². The third kappa shape index (κ3) is 3.46. The van der Waals surface area contributed by atoms with Crippen LogP contribution in [0.15, 0.2) is 33.7 Å². The number of carbonyl (C=O) groups excluding carboxylic acids is 1. The van der Waals surface area contributed by atoms with Crippen LogP contribution in [-0.4, -0.2) is 80.7 Å². The molecule has 1 unspecified atom stereocenters. The fourth-order valence-corrected chi connectivity index (χ4v) is 5.89. The Morgan fingerprint density at radius 2 is 2.07 bits per heavy atom. The minimum absolute atomic E-state index is 0.0303. The fourth-order valence-electron chi connectivity index (χ4n) is 4.23. The van der Waals surface area contributed by atoms with Crippen LogP contribution < -0.4 is 4.74 Å². The molecule has 2 fully saturated rings. The topological polar surface area (TPSA) is 115 Å². The molecule has 0 N–H and O–H groups in total. The Hall–Kier alpha value is -2.50. The second-order valence-corrected chi connectivity index (χ2v) is 9.69. The SMILES string of the molecule is COCC(=O)N1CC(c2nc(C)no2)C2(C1)CN(S(=O)(=O)c1cccc(OC)c1)C2. The molecule has 11 heteroatoms. The number of benzene rings is 1. The fraction of sp³-hybridized carbons (Fsp3) is 0.526. The number of sulfonamides is 1. The number of aromatic nitrogens is 2. The Bertz CT molecular complexity index is 1050. The van der Waals surface area contributed by atoms with Gasteiger partial charge in [0.15, 0.2) is 5.82 Å². The largest absolute Gasteiger partial charge is 0.497 e. The summed E-state index contributed by atoms with van der Waals surface area (Å²) in [5.74, 6) is 1.02. The lowest BCUT2D eigenvalue weighted by molar-refractivity contribution is -0.134. The second-order valence-electron chi connectivity index (χ2n) is 7.75. The van der Waals surface area contributed by atoms with Gasteiger partial charge >= 0.3 is 0 Å². The van der Waals surface area contributed by atoms with E-state index in [1.54, 1.807) is 30.0 Å². The molecule has 1 spiro atoms. The van der Waals surface area contributed by atoms with Crippen molar-refractivity contribution >= 4 is 15.9 Å². The lowest BCUT2D eigenvalue weighted by atomic mass is 9.73. The van der Waals surface area contributed by atoms with Crippen molar-refractivity contribution in [1.82, 2.24) is 19.3 Å². The number of hydrogen-bond donors (Lipinski definition) is 0. The van der Waals surface area contributed by atoms with E-state index in [1.807, 2.05) is 0 Å². The van der Waals surface area contributed by atoms with Gasteiger partial charge in [-0.1, -0.05) is 11.2 Å². The molecule has 1 atom stereocenters. The molecule has 0 radical (unpaired) electrons. The summed E-state index contributed by atoms with van der Waals surface area (Å²) in [5.41, 5.74) is -0.478. The predicted molar refractivity (Wildman–Crippen MR) is 104 cm³/mol. The highest BCUT2D eigenvalue weighted by Crippen LogP contribution is 2.50. The van der Waals surface area contributed by atoms with Crippen LogP contribution in [0, 0.1) is 12.3 Å². The molecule has 2 aromatic rings. The maximum atomic E-state index is 13.1. The molecule has 1 aromatic carbocycles. The van der Waals surface area contributed by atoms with E-state index in [0.717, 1.165) is 0 Å². The minimum Gasteiger partial charge on any atom is -0.497 e. The molecule has 1 aromatic heterocycles. The predicted octanol–water partition coefficient (Wildman–Crippen LogP) is 0.650. The molecule has 162 valence electrons. The van der Waals surface area contributed by atoms with Crippen molar-refractivity contribution in [1.29, 1.82) is 0 Å². The summed E-state index contributed by atoms with van der Waals surface area (Å²) in [6.07, 6.45) is 0. The summed E-state index contributed by atoms with van der Waals surface area (Å²) < 4.78 is 43.1. The Kier molecular flexibility index (Phi) is 5.28. The Balaban J connectivity index is 1.59. The molecule has 3 heterocycles. The van der Waals surface area contributed by atoms with Gasteiger partial charge in [-0.05, 0) is 19.1 Å². The molecule has 0 bridgehead atoms. The summed E-state index contributed by atoms with van der Waals surface area (Å²) >= 11 is 0. The van der Waals surface area contributed by atoms with Crippen molar-refractivity contribution in [2.45, 2.75) is 17.7 Å². The highest BCUT2D eigenvalue weighted by molar-refractivity contribution is 7.89. The number of ether oxygens (including phenoxy) is 2. The summed E-state index contributed by atoms with van der Waals surface area (Å²) in [7, 11) is -0.730. The highest BCUT2D eigenvalue weighted by atomic mass is 32.2. The molecule has 30 heavy (non-hydrogen) atoms. The maximum absolute atomic E-state index is 13.1. The first-order valence-electron chi connectivity index (χ1n) is 9.50. The quantitative estimate of drug-likeness (QED) is 0.648. The van der Waals surface area contributed by atoms with Crippen molar-refractivity contribution in [2.24, 2.45) is 5.41 Å². The van der Waals surface area contributed by atoms with E-state index >= 15 is 0 Å². The first kappa shape index (κ1) is 20.8. The number of carbonyl (C=O) groups is 1. The summed E-state index contributed by atoms with van der Waals surface area (Å²) in [6.45, 7) is 3.01. The Labute approximate surface area is 174 Å². The zero-order chi connectivity index (χ0) is 21.5. The van der Waals surface area contributed by atoms with Crippen LogP contribution in [-0.2, 0) is 19.6 Å². The molecule has 0 aliphatic carbocycles. The van der Waals surface area contributed by atoms with Crippen molar-refractivity contribution in [3.63, 3.8) is 0 Å². The van der Waals surface area contributed by atoms with Gasteiger partial charge in [0, 0.05) is 44.8 Å². The van der Waals surface area contributed by atoms with Gasteiger partial charge < -0.3 is 18.9 Å². The summed E-state index contributed by atoms with van der Waals surface area (Å²) in [4.78, 5) is 18.6. The monoisotopic (exact) mass is 436 g/mol. The molecule has 2 aliphatic heterocycles. The van der Waals surface area contributed by atoms with Crippen molar-refractivity contribution in [2.75, 3.05) is 47.0 Å². The second kappa shape index (κ2) is 7.64. The number of hydrogen-bond acceptors (Lipinski definition) is 8. The molecule has 2 aliphatic rings. The third-order valence-electron chi connectivity index (χ3n) is 5.77. The van der Waals surface area contributed by atoms with Gasteiger partial charge in [0.2, 0.25) is 21.8 Å². The first-order valence-corrected chi connectivity index (χ1v) is 10.9. The van der Waals surface area contributed by atoms with Crippen LogP contribution in [0.1, 0.15) is 17.6 Å². The number of nitrogens with zero attached hydrogens (tertiary/aromatic N) is 4. The molecular weight excluding hydrogens is 412 g/mol. The smallest absolute Gasteiger partial charge is 0.248 e. The standard InChI is InChI=1S/C19H24N4O6S/c1-13-20-18(29-21-13)16-8-22(17(24)9-27-2)10-19(16)11-23(12-19)30(25,26)15-6-4-5-14(7-15)28-3/h4-7,16H,8-12H2,1-3H3.